The Hall–Kier alpha value is -0.610. The number of hydrogen-bond donors (Lipinski definition) is 2. The molecule has 0 aliphatic heterocycles. The Kier molecular flexibility index (Phi) is 5.81. The van der Waals surface area contributed by atoms with Gasteiger partial charge in [-0.3, -0.25) is 9.69 Å². The van der Waals surface area contributed by atoms with Gasteiger partial charge in [0.1, 0.15) is 0 Å². The zero-order valence-electron chi connectivity index (χ0n) is 13.2. The van der Waals surface area contributed by atoms with Gasteiger partial charge in [-0.2, -0.15) is 0 Å². The van der Waals surface area contributed by atoms with Gasteiger partial charge in [-0.15, -0.1) is 0 Å². The van der Waals surface area contributed by atoms with Crippen LogP contribution in [0.2, 0.25) is 0 Å². The third-order valence-corrected chi connectivity index (χ3v) is 3.95. The molecule has 1 aliphatic carbocycles. The van der Waals surface area contributed by atoms with E-state index in [1.807, 2.05) is 27.7 Å². The topological polar surface area (TPSA) is 58.4 Å². The highest BCUT2D eigenvalue weighted by Crippen LogP contribution is 2.23. The fourth-order valence-electron chi connectivity index (χ4n) is 2.91. The molecule has 4 nitrogen and oxygen atoms in total. The first-order valence-corrected chi connectivity index (χ1v) is 7.58. The second kappa shape index (κ2) is 6.71. The van der Waals surface area contributed by atoms with Gasteiger partial charge >= 0.3 is 0 Å². The second-order valence-electron chi connectivity index (χ2n) is 6.81. The van der Waals surface area contributed by atoms with Crippen LogP contribution in [0.15, 0.2) is 0 Å². The molecular formula is C15H31N3O. The second-order valence-corrected chi connectivity index (χ2v) is 6.81. The van der Waals surface area contributed by atoms with Crippen molar-refractivity contribution < 1.29 is 4.79 Å². The monoisotopic (exact) mass is 269 g/mol. The normalized spacial score (nSPS) is 26.3. The van der Waals surface area contributed by atoms with Crippen molar-refractivity contribution in [1.82, 2.24) is 10.2 Å². The standard InChI is InChI=1S/C15H31N3O/c1-6-18(13-9-7-12(16)8-10-13)11(2)14(19)17-15(3,4)5/h11-13H,6-10,16H2,1-5H3,(H,17,19). The van der Waals surface area contributed by atoms with Crippen molar-refractivity contribution in [2.45, 2.75) is 84.0 Å². The third-order valence-electron chi connectivity index (χ3n) is 3.95. The quantitative estimate of drug-likeness (QED) is 0.819. The maximum Gasteiger partial charge on any atom is 0.237 e. The highest BCUT2D eigenvalue weighted by atomic mass is 16.2. The number of nitrogens with two attached hydrogens (primary N) is 1. The molecule has 1 rings (SSSR count). The van der Waals surface area contributed by atoms with Crippen LogP contribution in [0.25, 0.3) is 0 Å². The van der Waals surface area contributed by atoms with Gasteiger partial charge in [0, 0.05) is 17.6 Å². The Balaban J connectivity index is 2.61. The fraction of sp³-hybridized carbons (Fsp3) is 0.933. The molecule has 1 saturated carbocycles. The molecule has 112 valence electrons. The molecule has 1 unspecified atom stereocenters. The molecule has 19 heavy (non-hydrogen) atoms. The smallest absolute Gasteiger partial charge is 0.237 e. The van der Waals surface area contributed by atoms with Crippen LogP contribution in [-0.2, 0) is 4.79 Å². The molecule has 0 aromatic rings. The molecular weight excluding hydrogens is 238 g/mol. The predicted octanol–water partition coefficient (Wildman–Crippen LogP) is 1.88. The lowest BCUT2D eigenvalue weighted by molar-refractivity contribution is -0.128. The van der Waals surface area contributed by atoms with Crippen LogP contribution in [-0.4, -0.2) is 41.0 Å². The highest BCUT2D eigenvalue weighted by molar-refractivity contribution is 5.82. The summed E-state index contributed by atoms with van der Waals surface area (Å²) in [4.78, 5) is 14.6. The van der Waals surface area contributed by atoms with E-state index >= 15 is 0 Å². The van der Waals surface area contributed by atoms with Gasteiger partial charge in [0.05, 0.1) is 6.04 Å². The van der Waals surface area contributed by atoms with Crippen LogP contribution in [0.4, 0.5) is 0 Å². The molecule has 0 radical (unpaired) electrons. The fourth-order valence-corrected chi connectivity index (χ4v) is 2.91. The van der Waals surface area contributed by atoms with Crippen LogP contribution < -0.4 is 11.1 Å². The Morgan fingerprint density at radius 1 is 1.32 bits per heavy atom. The van der Waals surface area contributed by atoms with Crippen molar-refractivity contribution in [3.63, 3.8) is 0 Å². The van der Waals surface area contributed by atoms with Crippen molar-refractivity contribution in [3.05, 3.63) is 0 Å². The van der Waals surface area contributed by atoms with E-state index in [-0.39, 0.29) is 17.5 Å². The first kappa shape index (κ1) is 16.4. The van der Waals surface area contributed by atoms with Gasteiger partial charge in [0.2, 0.25) is 5.91 Å². The summed E-state index contributed by atoms with van der Waals surface area (Å²) in [6, 6.07) is 0.794. The SMILES string of the molecule is CCN(C1CCC(N)CC1)C(C)C(=O)NC(C)(C)C. The van der Waals surface area contributed by atoms with Gasteiger partial charge < -0.3 is 11.1 Å². The van der Waals surface area contributed by atoms with Gasteiger partial charge in [-0.1, -0.05) is 6.92 Å². The van der Waals surface area contributed by atoms with Crippen LogP contribution in [0.5, 0.6) is 0 Å². The summed E-state index contributed by atoms with van der Waals surface area (Å²) >= 11 is 0. The molecule has 1 fully saturated rings. The number of carbonyl (C=O) groups is 1. The molecule has 3 N–H and O–H groups in total. The maximum atomic E-state index is 12.3. The van der Waals surface area contributed by atoms with Crippen molar-refractivity contribution in [1.29, 1.82) is 0 Å². The number of nitrogens with zero attached hydrogens (tertiary/aromatic N) is 1. The zero-order chi connectivity index (χ0) is 14.6. The minimum Gasteiger partial charge on any atom is -0.350 e. The minimum absolute atomic E-state index is 0.0662. The molecule has 4 heteroatoms. The summed E-state index contributed by atoms with van der Waals surface area (Å²) in [6.45, 7) is 11.1. The Bertz CT molecular complexity index is 290. The Morgan fingerprint density at radius 3 is 2.26 bits per heavy atom. The molecule has 0 spiro atoms. The number of rotatable bonds is 4. The van der Waals surface area contributed by atoms with Crippen molar-refractivity contribution >= 4 is 5.91 Å². The predicted molar refractivity (Wildman–Crippen MR) is 80.0 cm³/mol. The van der Waals surface area contributed by atoms with Gasteiger partial charge in [-0.05, 0) is 59.9 Å². The van der Waals surface area contributed by atoms with E-state index in [2.05, 4.69) is 17.1 Å². The van der Waals surface area contributed by atoms with E-state index in [1.54, 1.807) is 0 Å². The Morgan fingerprint density at radius 2 is 1.84 bits per heavy atom. The summed E-state index contributed by atoms with van der Waals surface area (Å²) in [7, 11) is 0. The summed E-state index contributed by atoms with van der Waals surface area (Å²) < 4.78 is 0. The molecule has 0 heterocycles. The van der Waals surface area contributed by atoms with E-state index < -0.39 is 0 Å². The summed E-state index contributed by atoms with van der Waals surface area (Å²) in [5.74, 6) is 0.129. The average Bonchev–Trinajstić information content (AvgIpc) is 2.30. The molecule has 0 saturated heterocycles. The van der Waals surface area contributed by atoms with Crippen LogP contribution >= 0.6 is 0 Å². The highest BCUT2D eigenvalue weighted by Gasteiger charge is 2.30. The van der Waals surface area contributed by atoms with Gasteiger partial charge in [0.15, 0.2) is 0 Å². The zero-order valence-corrected chi connectivity index (χ0v) is 13.2. The third kappa shape index (κ3) is 5.11. The van der Waals surface area contributed by atoms with E-state index in [9.17, 15) is 4.79 Å². The molecule has 0 aromatic heterocycles. The number of nitrogens with one attached hydrogen (secondary N) is 1. The lowest BCUT2D eigenvalue weighted by atomic mass is 9.90. The first-order chi connectivity index (χ1) is 8.74. The van der Waals surface area contributed by atoms with E-state index in [4.69, 9.17) is 5.73 Å². The van der Waals surface area contributed by atoms with Crippen LogP contribution in [0, 0.1) is 0 Å². The largest absolute Gasteiger partial charge is 0.350 e. The molecule has 0 bridgehead atoms. The average molecular weight is 269 g/mol. The maximum absolute atomic E-state index is 12.3. The first-order valence-electron chi connectivity index (χ1n) is 7.58. The molecule has 1 atom stereocenters. The molecule has 0 aromatic carbocycles. The van der Waals surface area contributed by atoms with Crippen molar-refractivity contribution in [2.24, 2.45) is 5.73 Å². The van der Waals surface area contributed by atoms with Gasteiger partial charge in [0.25, 0.3) is 0 Å². The van der Waals surface area contributed by atoms with Crippen LogP contribution in [0.1, 0.15) is 60.3 Å². The summed E-state index contributed by atoms with van der Waals surface area (Å²) in [5, 5.41) is 3.08. The Labute approximate surface area is 118 Å². The lowest BCUT2D eigenvalue weighted by Gasteiger charge is -2.39. The number of carbonyl (C=O) groups excluding carboxylic acids is 1. The van der Waals surface area contributed by atoms with Gasteiger partial charge in [-0.25, -0.2) is 0 Å². The summed E-state index contributed by atoms with van der Waals surface area (Å²) in [5.41, 5.74) is 5.79. The number of likely N-dealkylation sites (N-methyl/N-ethyl adjacent to an activating group) is 1. The van der Waals surface area contributed by atoms with Crippen molar-refractivity contribution in [2.75, 3.05) is 6.54 Å². The minimum atomic E-state index is -0.167. The lowest BCUT2D eigenvalue weighted by Crippen LogP contribution is -2.54. The number of amides is 1. The van der Waals surface area contributed by atoms with Crippen LogP contribution in [0.3, 0.4) is 0 Å². The summed E-state index contributed by atoms with van der Waals surface area (Å²) in [6.07, 6.45) is 4.38. The van der Waals surface area contributed by atoms with E-state index in [0.717, 1.165) is 32.2 Å². The molecule has 1 aliphatic rings. The molecule has 1 amide bonds. The van der Waals surface area contributed by atoms with Crippen molar-refractivity contribution in [3.8, 4) is 0 Å². The van der Waals surface area contributed by atoms with E-state index in [1.165, 1.54) is 0 Å². The van der Waals surface area contributed by atoms with E-state index in [0.29, 0.717) is 12.1 Å². The number of hydrogen-bond acceptors (Lipinski definition) is 3.